The molecule has 0 fully saturated rings. The lowest BCUT2D eigenvalue weighted by Crippen LogP contribution is -2.26. The van der Waals surface area contributed by atoms with E-state index in [2.05, 4.69) is 20.8 Å². The average molecular weight is 286 g/mol. The maximum Gasteiger partial charge on any atom is 0.123 e. The van der Waals surface area contributed by atoms with Gasteiger partial charge in [0.15, 0.2) is 0 Å². The van der Waals surface area contributed by atoms with Crippen molar-refractivity contribution >= 4 is 27.5 Å². The van der Waals surface area contributed by atoms with Crippen LogP contribution in [0.2, 0.25) is 0 Å². The van der Waals surface area contributed by atoms with Gasteiger partial charge >= 0.3 is 0 Å². The zero-order valence-corrected chi connectivity index (χ0v) is 10.8. The van der Waals surface area contributed by atoms with Crippen LogP contribution in [0.4, 0.5) is 5.69 Å². The Morgan fingerprint density at radius 3 is 2.69 bits per heavy atom. The highest BCUT2D eigenvalue weighted by Crippen LogP contribution is 2.23. The summed E-state index contributed by atoms with van der Waals surface area (Å²) in [4.78, 5) is 2.05. The number of anilines is 1. The van der Waals surface area contributed by atoms with Crippen molar-refractivity contribution in [1.82, 2.24) is 0 Å². The summed E-state index contributed by atoms with van der Waals surface area (Å²) in [6.45, 7) is 3.58. The lowest BCUT2D eigenvalue weighted by atomic mass is 10.2. The molecule has 1 aromatic carbocycles. The Balaban J connectivity index is 2.99. The molecular formula is C11H16BrN3O. The molecule has 1 aromatic rings. The molecule has 16 heavy (non-hydrogen) atoms. The van der Waals surface area contributed by atoms with Crippen LogP contribution < -0.4 is 10.6 Å². The first kappa shape index (κ1) is 13.0. The van der Waals surface area contributed by atoms with Crippen molar-refractivity contribution in [2.45, 2.75) is 6.92 Å². The van der Waals surface area contributed by atoms with Gasteiger partial charge in [-0.25, -0.2) is 0 Å². The second-order valence-electron chi connectivity index (χ2n) is 3.38. The second kappa shape index (κ2) is 5.86. The van der Waals surface area contributed by atoms with Gasteiger partial charge in [0.05, 0.1) is 6.61 Å². The monoisotopic (exact) mass is 285 g/mol. The number of nitrogen functional groups attached to an aromatic ring is 1. The number of amidine groups is 1. The first-order valence-electron chi connectivity index (χ1n) is 5.10. The van der Waals surface area contributed by atoms with Gasteiger partial charge in [-0.1, -0.05) is 0 Å². The number of hydrogen-bond acceptors (Lipinski definition) is 3. The number of benzene rings is 1. The quantitative estimate of drug-likeness (QED) is 0.568. The molecule has 88 valence electrons. The average Bonchev–Trinajstić information content (AvgIpc) is 2.25. The van der Waals surface area contributed by atoms with Gasteiger partial charge in [0.2, 0.25) is 0 Å². The zero-order chi connectivity index (χ0) is 12.1. The van der Waals surface area contributed by atoms with Gasteiger partial charge in [0.1, 0.15) is 5.84 Å². The van der Waals surface area contributed by atoms with Crippen LogP contribution in [0.25, 0.3) is 0 Å². The summed E-state index contributed by atoms with van der Waals surface area (Å²) in [7, 11) is 0. The van der Waals surface area contributed by atoms with Gasteiger partial charge in [0.25, 0.3) is 0 Å². The van der Waals surface area contributed by atoms with Crippen molar-refractivity contribution < 1.29 is 5.11 Å². The summed E-state index contributed by atoms with van der Waals surface area (Å²) >= 11 is 3.39. The predicted octanol–water partition coefficient (Wildman–Crippen LogP) is 1.55. The third-order valence-electron chi connectivity index (χ3n) is 2.36. The Kier molecular flexibility index (Phi) is 4.76. The fraction of sp³-hybridized carbons (Fsp3) is 0.364. The van der Waals surface area contributed by atoms with Crippen LogP contribution in [0, 0.1) is 5.41 Å². The molecule has 0 atom stereocenters. The van der Waals surface area contributed by atoms with Crippen molar-refractivity contribution in [3.05, 3.63) is 28.2 Å². The van der Waals surface area contributed by atoms with Crippen molar-refractivity contribution in [3.8, 4) is 0 Å². The minimum absolute atomic E-state index is 0.0450. The van der Waals surface area contributed by atoms with Crippen LogP contribution in [0.1, 0.15) is 12.5 Å². The number of rotatable bonds is 5. The van der Waals surface area contributed by atoms with E-state index in [1.807, 2.05) is 25.1 Å². The zero-order valence-electron chi connectivity index (χ0n) is 9.20. The summed E-state index contributed by atoms with van der Waals surface area (Å²) in [6.07, 6.45) is 0. The Morgan fingerprint density at radius 1 is 1.56 bits per heavy atom. The first-order chi connectivity index (χ1) is 7.60. The van der Waals surface area contributed by atoms with Gasteiger partial charge in [-0.05, 0) is 41.1 Å². The molecular weight excluding hydrogens is 270 g/mol. The number of nitrogens with two attached hydrogens (primary N) is 1. The number of likely N-dealkylation sites (N-methyl/N-ethyl adjacent to an activating group) is 1. The Morgan fingerprint density at radius 2 is 2.25 bits per heavy atom. The van der Waals surface area contributed by atoms with Crippen molar-refractivity contribution in [3.63, 3.8) is 0 Å². The maximum atomic E-state index is 8.93. The molecule has 4 N–H and O–H groups in total. The summed E-state index contributed by atoms with van der Waals surface area (Å²) in [5, 5.41) is 16.3. The molecule has 0 bridgehead atoms. The van der Waals surface area contributed by atoms with E-state index < -0.39 is 0 Å². The summed E-state index contributed by atoms with van der Waals surface area (Å²) < 4.78 is 0.800. The van der Waals surface area contributed by atoms with Crippen LogP contribution in [-0.4, -0.2) is 30.6 Å². The number of nitrogens with one attached hydrogen (secondary N) is 1. The smallest absolute Gasteiger partial charge is 0.123 e. The molecule has 0 aromatic heterocycles. The van der Waals surface area contributed by atoms with Crippen LogP contribution in [-0.2, 0) is 0 Å². The highest BCUT2D eigenvalue weighted by molar-refractivity contribution is 9.10. The summed E-state index contributed by atoms with van der Waals surface area (Å²) in [5.74, 6) is 0.0450. The predicted molar refractivity (Wildman–Crippen MR) is 70.1 cm³/mol. The summed E-state index contributed by atoms with van der Waals surface area (Å²) in [5.41, 5.74) is 7.12. The first-order valence-corrected chi connectivity index (χ1v) is 5.89. The van der Waals surface area contributed by atoms with Gasteiger partial charge in [-0.3, -0.25) is 5.41 Å². The Labute approximate surface area is 104 Å². The SMILES string of the molecule is CCN(CCO)c1ccc(C(=N)N)c(Br)c1. The number of nitrogens with zero attached hydrogens (tertiary/aromatic N) is 1. The molecule has 0 unspecified atom stereocenters. The lowest BCUT2D eigenvalue weighted by molar-refractivity contribution is 0.302. The van der Waals surface area contributed by atoms with E-state index in [0.29, 0.717) is 12.1 Å². The molecule has 5 heteroatoms. The van der Waals surface area contributed by atoms with E-state index in [4.69, 9.17) is 16.2 Å². The molecule has 0 amide bonds. The number of aliphatic hydroxyl groups is 1. The highest BCUT2D eigenvalue weighted by Gasteiger charge is 2.08. The fourth-order valence-corrected chi connectivity index (χ4v) is 2.09. The van der Waals surface area contributed by atoms with E-state index in [9.17, 15) is 0 Å². The fourth-order valence-electron chi connectivity index (χ4n) is 1.51. The normalized spacial score (nSPS) is 10.2. The number of aliphatic hydroxyl groups excluding tert-OH is 1. The Bertz CT molecular complexity index is 381. The van der Waals surface area contributed by atoms with Crippen molar-refractivity contribution in [2.24, 2.45) is 5.73 Å². The van der Waals surface area contributed by atoms with E-state index in [-0.39, 0.29) is 12.4 Å². The topological polar surface area (TPSA) is 73.3 Å². The van der Waals surface area contributed by atoms with Crippen LogP contribution in [0.5, 0.6) is 0 Å². The lowest BCUT2D eigenvalue weighted by Gasteiger charge is -2.22. The summed E-state index contributed by atoms with van der Waals surface area (Å²) in [6, 6.07) is 5.62. The van der Waals surface area contributed by atoms with E-state index in [0.717, 1.165) is 16.7 Å². The molecule has 0 aliphatic rings. The van der Waals surface area contributed by atoms with Crippen molar-refractivity contribution in [2.75, 3.05) is 24.6 Å². The van der Waals surface area contributed by atoms with E-state index >= 15 is 0 Å². The third-order valence-corrected chi connectivity index (χ3v) is 3.02. The molecule has 0 radical (unpaired) electrons. The molecule has 0 saturated carbocycles. The molecule has 0 aliphatic heterocycles. The van der Waals surface area contributed by atoms with Crippen LogP contribution in [0.15, 0.2) is 22.7 Å². The van der Waals surface area contributed by atoms with Gasteiger partial charge < -0.3 is 15.7 Å². The van der Waals surface area contributed by atoms with Crippen LogP contribution in [0.3, 0.4) is 0 Å². The highest BCUT2D eigenvalue weighted by atomic mass is 79.9. The minimum atomic E-state index is 0.0450. The molecule has 0 saturated heterocycles. The molecule has 0 spiro atoms. The van der Waals surface area contributed by atoms with Gasteiger partial charge in [-0.2, -0.15) is 0 Å². The maximum absolute atomic E-state index is 8.93. The van der Waals surface area contributed by atoms with E-state index in [1.54, 1.807) is 0 Å². The molecule has 4 nitrogen and oxygen atoms in total. The molecule has 0 heterocycles. The van der Waals surface area contributed by atoms with E-state index in [1.165, 1.54) is 0 Å². The second-order valence-corrected chi connectivity index (χ2v) is 4.24. The molecule has 0 aliphatic carbocycles. The van der Waals surface area contributed by atoms with Crippen molar-refractivity contribution in [1.29, 1.82) is 5.41 Å². The minimum Gasteiger partial charge on any atom is -0.395 e. The number of hydrogen-bond donors (Lipinski definition) is 3. The van der Waals surface area contributed by atoms with Gasteiger partial charge in [0, 0.05) is 28.8 Å². The number of halogens is 1. The van der Waals surface area contributed by atoms with Crippen LogP contribution >= 0.6 is 15.9 Å². The third kappa shape index (κ3) is 2.96. The van der Waals surface area contributed by atoms with Gasteiger partial charge in [-0.15, -0.1) is 0 Å². The standard InChI is InChI=1S/C11H16BrN3O/c1-2-15(5-6-16)8-3-4-9(11(13)14)10(12)7-8/h3-4,7,16H,2,5-6H2,1H3,(H3,13,14). The largest absolute Gasteiger partial charge is 0.395 e. The molecule has 1 rings (SSSR count). The Hall–Kier alpha value is -1.07.